The van der Waals surface area contributed by atoms with Crippen LogP contribution < -0.4 is 4.90 Å². The molecule has 140 valence electrons. The number of nitrogens with zero attached hydrogens (tertiary/aromatic N) is 3. The minimum absolute atomic E-state index is 0.0611. The second-order valence-corrected chi connectivity index (χ2v) is 7.62. The van der Waals surface area contributed by atoms with E-state index < -0.39 is 0 Å². The number of fused-ring (bicyclic) bond motifs is 1. The second kappa shape index (κ2) is 7.86. The predicted octanol–water partition coefficient (Wildman–Crippen LogP) is 4.91. The van der Waals surface area contributed by atoms with Crippen LogP contribution in [0, 0.1) is 12.7 Å². The van der Waals surface area contributed by atoms with Gasteiger partial charge in [0.05, 0.1) is 23.2 Å². The zero-order valence-corrected chi connectivity index (χ0v) is 16.1. The summed E-state index contributed by atoms with van der Waals surface area (Å²) in [5, 5.41) is 0.558. The lowest BCUT2D eigenvalue weighted by Gasteiger charge is -2.20. The number of anilines is 1. The number of benzene rings is 2. The van der Waals surface area contributed by atoms with Gasteiger partial charge in [-0.1, -0.05) is 47.2 Å². The minimum atomic E-state index is -0.312. The molecule has 0 bridgehead atoms. The Bertz CT molecular complexity index is 1130. The number of aromatic nitrogens is 2. The first-order chi connectivity index (χ1) is 13.6. The number of hydrogen-bond acceptors (Lipinski definition) is 4. The van der Waals surface area contributed by atoms with Crippen molar-refractivity contribution >= 4 is 32.6 Å². The van der Waals surface area contributed by atoms with Gasteiger partial charge in [-0.15, -0.1) is 0 Å². The zero-order chi connectivity index (χ0) is 19.5. The molecule has 0 saturated heterocycles. The van der Waals surface area contributed by atoms with E-state index in [9.17, 15) is 9.18 Å². The van der Waals surface area contributed by atoms with Crippen LogP contribution in [-0.4, -0.2) is 15.9 Å². The first kappa shape index (κ1) is 18.3. The molecule has 0 radical (unpaired) electrons. The number of hydrogen-bond donors (Lipinski definition) is 0. The van der Waals surface area contributed by atoms with Gasteiger partial charge in [0.1, 0.15) is 5.82 Å². The summed E-state index contributed by atoms with van der Waals surface area (Å²) in [6.07, 6.45) is 3.70. The van der Waals surface area contributed by atoms with E-state index in [0.29, 0.717) is 17.2 Å². The van der Waals surface area contributed by atoms with Gasteiger partial charge in [-0.3, -0.25) is 14.7 Å². The van der Waals surface area contributed by atoms with Gasteiger partial charge in [0.2, 0.25) is 5.91 Å². The number of halogens is 1. The molecule has 0 unspecified atom stereocenters. The number of pyridine rings is 1. The van der Waals surface area contributed by atoms with Crippen LogP contribution in [0.5, 0.6) is 0 Å². The molecule has 1 amide bonds. The summed E-state index contributed by atoms with van der Waals surface area (Å²) in [4.78, 5) is 23.5. The van der Waals surface area contributed by atoms with Crippen LogP contribution in [0.1, 0.15) is 16.7 Å². The van der Waals surface area contributed by atoms with Gasteiger partial charge < -0.3 is 0 Å². The summed E-state index contributed by atoms with van der Waals surface area (Å²) in [6.45, 7) is 2.37. The third-order valence-corrected chi connectivity index (χ3v) is 5.41. The molecule has 6 heteroatoms. The summed E-state index contributed by atoms with van der Waals surface area (Å²) in [5.74, 6) is -0.374. The molecule has 4 rings (SSSR count). The molecule has 0 aliphatic carbocycles. The van der Waals surface area contributed by atoms with Crippen molar-refractivity contribution in [3.63, 3.8) is 0 Å². The van der Waals surface area contributed by atoms with Gasteiger partial charge in [-0.25, -0.2) is 9.37 Å². The van der Waals surface area contributed by atoms with Gasteiger partial charge >= 0.3 is 0 Å². The molecule has 0 aliphatic rings. The quantitative estimate of drug-likeness (QED) is 0.485. The summed E-state index contributed by atoms with van der Waals surface area (Å²) in [7, 11) is 0. The van der Waals surface area contributed by atoms with Crippen LogP contribution in [0.2, 0.25) is 0 Å². The third-order valence-electron chi connectivity index (χ3n) is 4.37. The van der Waals surface area contributed by atoms with Crippen molar-refractivity contribution in [3.05, 3.63) is 89.5 Å². The molecule has 0 aliphatic heterocycles. The van der Waals surface area contributed by atoms with Crippen molar-refractivity contribution in [2.45, 2.75) is 19.9 Å². The van der Waals surface area contributed by atoms with Crippen molar-refractivity contribution in [1.29, 1.82) is 0 Å². The number of carbonyl (C=O) groups is 1. The van der Waals surface area contributed by atoms with Crippen LogP contribution in [0.25, 0.3) is 10.2 Å². The molecule has 0 saturated carbocycles. The highest BCUT2D eigenvalue weighted by atomic mass is 32.1. The first-order valence-corrected chi connectivity index (χ1v) is 9.71. The van der Waals surface area contributed by atoms with Crippen LogP contribution >= 0.6 is 11.3 Å². The van der Waals surface area contributed by atoms with E-state index >= 15 is 0 Å². The monoisotopic (exact) mass is 391 g/mol. The van der Waals surface area contributed by atoms with Gasteiger partial charge in [-0.05, 0) is 42.3 Å². The normalized spacial score (nSPS) is 10.9. The van der Waals surface area contributed by atoms with Crippen molar-refractivity contribution < 1.29 is 9.18 Å². The van der Waals surface area contributed by atoms with E-state index in [2.05, 4.69) is 9.97 Å². The Kier molecular flexibility index (Phi) is 5.12. The fourth-order valence-corrected chi connectivity index (χ4v) is 4.04. The van der Waals surface area contributed by atoms with Gasteiger partial charge in [0.25, 0.3) is 0 Å². The SMILES string of the molecule is Cc1cccc(CC(=O)N(Cc2cccnc2)c2nc3ccc(F)cc3s2)c1. The van der Waals surface area contributed by atoms with Crippen molar-refractivity contribution in [3.8, 4) is 0 Å². The molecule has 2 aromatic heterocycles. The molecular formula is C22H18FN3OS. The Morgan fingerprint density at radius 1 is 1.11 bits per heavy atom. The highest BCUT2D eigenvalue weighted by Crippen LogP contribution is 2.30. The number of aryl methyl sites for hydroxylation is 1. The molecule has 0 atom stereocenters. The Balaban J connectivity index is 1.68. The van der Waals surface area contributed by atoms with Crippen LogP contribution in [0.3, 0.4) is 0 Å². The Labute approximate surface area is 166 Å². The third kappa shape index (κ3) is 4.07. The van der Waals surface area contributed by atoms with Crippen molar-refractivity contribution in [2.75, 3.05) is 4.90 Å². The summed E-state index contributed by atoms with van der Waals surface area (Å²) in [6, 6.07) is 16.1. The van der Waals surface area contributed by atoms with E-state index in [1.807, 2.05) is 43.3 Å². The fraction of sp³-hybridized carbons (Fsp3) is 0.136. The fourth-order valence-electron chi connectivity index (χ4n) is 3.03. The van der Waals surface area contributed by atoms with E-state index in [4.69, 9.17) is 0 Å². The second-order valence-electron chi connectivity index (χ2n) is 6.62. The molecular weight excluding hydrogens is 373 g/mol. The highest BCUT2D eigenvalue weighted by Gasteiger charge is 2.21. The van der Waals surface area contributed by atoms with Crippen LogP contribution in [0.15, 0.2) is 67.0 Å². The largest absolute Gasteiger partial charge is 0.283 e. The van der Waals surface area contributed by atoms with Gasteiger partial charge in [0.15, 0.2) is 5.13 Å². The molecule has 0 spiro atoms. The average molecular weight is 391 g/mol. The topological polar surface area (TPSA) is 46.1 Å². The summed E-state index contributed by atoms with van der Waals surface area (Å²) >= 11 is 1.31. The molecule has 4 nitrogen and oxygen atoms in total. The first-order valence-electron chi connectivity index (χ1n) is 8.89. The van der Waals surface area contributed by atoms with Gasteiger partial charge in [0, 0.05) is 12.4 Å². The van der Waals surface area contributed by atoms with E-state index in [1.54, 1.807) is 23.4 Å². The Morgan fingerprint density at radius 3 is 2.75 bits per heavy atom. The lowest BCUT2D eigenvalue weighted by molar-refractivity contribution is -0.118. The molecule has 4 aromatic rings. The Hall–Kier alpha value is -3.12. The standard InChI is InChI=1S/C22H18FN3OS/c1-15-4-2-5-16(10-15)11-21(27)26(14-17-6-3-9-24-13-17)22-25-19-8-7-18(23)12-20(19)28-22/h2-10,12-13H,11,14H2,1H3. The van der Waals surface area contributed by atoms with Crippen LogP contribution in [-0.2, 0) is 17.8 Å². The maximum absolute atomic E-state index is 13.6. The maximum Gasteiger partial charge on any atom is 0.233 e. The summed E-state index contributed by atoms with van der Waals surface area (Å²) in [5.41, 5.74) is 3.65. The minimum Gasteiger partial charge on any atom is -0.283 e. The molecule has 0 N–H and O–H groups in total. The molecule has 28 heavy (non-hydrogen) atoms. The Morgan fingerprint density at radius 2 is 1.96 bits per heavy atom. The number of carbonyl (C=O) groups excluding carboxylic acids is 1. The molecule has 2 aromatic carbocycles. The molecule has 2 heterocycles. The van der Waals surface area contributed by atoms with Gasteiger partial charge in [-0.2, -0.15) is 0 Å². The lowest BCUT2D eigenvalue weighted by Crippen LogP contribution is -2.31. The van der Waals surface area contributed by atoms with E-state index in [-0.39, 0.29) is 18.1 Å². The number of amides is 1. The lowest BCUT2D eigenvalue weighted by atomic mass is 10.1. The summed E-state index contributed by atoms with van der Waals surface area (Å²) < 4.78 is 14.3. The number of thiazole rings is 1. The van der Waals surface area contributed by atoms with Crippen molar-refractivity contribution in [1.82, 2.24) is 9.97 Å². The maximum atomic E-state index is 13.6. The molecule has 0 fully saturated rings. The average Bonchev–Trinajstić information content (AvgIpc) is 3.09. The van der Waals surface area contributed by atoms with E-state index in [0.717, 1.165) is 21.4 Å². The highest BCUT2D eigenvalue weighted by molar-refractivity contribution is 7.22. The zero-order valence-electron chi connectivity index (χ0n) is 15.3. The van der Waals surface area contributed by atoms with Crippen molar-refractivity contribution in [2.24, 2.45) is 0 Å². The number of rotatable bonds is 5. The smallest absolute Gasteiger partial charge is 0.233 e. The van der Waals surface area contributed by atoms with Crippen LogP contribution in [0.4, 0.5) is 9.52 Å². The predicted molar refractivity (Wildman–Crippen MR) is 110 cm³/mol. The van der Waals surface area contributed by atoms with E-state index in [1.165, 1.54) is 23.5 Å².